The van der Waals surface area contributed by atoms with Crippen molar-refractivity contribution in [2.75, 3.05) is 7.11 Å². The van der Waals surface area contributed by atoms with Crippen molar-refractivity contribution in [1.29, 1.82) is 0 Å². The second kappa shape index (κ2) is 9.42. The summed E-state index contributed by atoms with van der Waals surface area (Å²) in [5.74, 6) is -0.301. The SMILES string of the molecule is CC[C@H](C)[C@H](NC(=O)OC)C(=O)NNCc1ccc(Br)cc1. The Hall–Kier alpha value is -1.60. The summed E-state index contributed by atoms with van der Waals surface area (Å²) in [5.41, 5.74) is 6.52. The summed E-state index contributed by atoms with van der Waals surface area (Å²) in [6.45, 7) is 4.35. The van der Waals surface area contributed by atoms with Crippen molar-refractivity contribution in [3.63, 3.8) is 0 Å². The van der Waals surface area contributed by atoms with E-state index < -0.39 is 12.1 Å². The van der Waals surface area contributed by atoms with Gasteiger partial charge in [-0.25, -0.2) is 10.2 Å². The molecule has 0 unspecified atom stereocenters. The molecule has 1 aromatic carbocycles. The van der Waals surface area contributed by atoms with Crippen molar-refractivity contribution >= 4 is 27.9 Å². The van der Waals surface area contributed by atoms with Crippen LogP contribution in [0.1, 0.15) is 25.8 Å². The minimum absolute atomic E-state index is 0.00594. The highest BCUT2D eigenvalue weighted by Crippen LogP contribution is 2.10. The first-order valence-corrected chi connectivity index (χ1v) is 7.88. The maximum atomic E-state index is 12.2. The number of hydrazine groups is 1. The minimum Gasteiger partial charge on any atom is -0.453 e. The van der Waals surface area contributed by atoms with Crippen LogP contribution in [0.25, 0.3) is 0 Å². The molecule has 0 spiro atoms. The molecule has 2 amide bonds. The lowest BCUT2D eigenvalue weighted by molar-refractivity contribution is -0.125. The van der Waals surface area contributed by atoms with Crippen LogP contribution < -0.4 is 16.2 Å². The number of carbonyl (C=O) groups excluding carboxylic acids is 2. The molecule has 1 aromatic rings. The Labute approximate surface area is 139 Å². The summed E-state index contributed by atoms with van der Waals surface area (Å²) in [4.78, 5) is 23.5. The first-order chi connectivity index (χ1) is 10.5. The number of benzene rings is 1. The average molecular weight is 372 g/mol. The number of halogens is 1. The van der Waals surface area contributed by atoms with Gasteiger partial charge in [0.15, 0.2) is 0 Å². The summed E-state index contributed by atoms with van der Waals surface area (Å²) in [7, 11) is 1.27. The van der Waals surface area contributed by atoms with Crippen LogP contribution in [-0.2, 0) is 16.1 Å². The highest BCUT2D eigenvalue weighted by atomic mass is 79.9. The Morgan fingerprint density at radius 3 is 2.45 bits per heavy atom. The van der Waals surface area contributed by atoms with Gasteiger partial charge in [-0.1, -0.05) is 48.3 Å². The molecule has 7 heteroatoms. The van der Waals surface area contributed by atoms with E-state index in [-0.39, 0.29) is 11.8 Å². The molecule has 0 saturated carbocycles. The summed E-state index contributed by atoms with van der Waals surface area (Å²) in [5, 5.41) is 2.55. The highest BCUT2D eigenvalue weighted by molar-refractivity contribution is 9.10. The molecule has 2 atom stereocenters. The predicted molar refractivity (Wildman–Crippen MR) is 87.9 cm³/mol. The zero-order valence-electron chi connectivity index (χ0n) is 13.0. The quantitative estimate of drug-likeness (QED) is 0.642. The number of nitrogens with one attached hydrogen (secondary N) is 3. The summed E-state index contributed by atoms with van der Waals surface area (Å²) < 4.78 is 5.56. The van der Waals surface area contributed by atoms with E-state index in [1.807, 2.05) is 38.1 Å². The molecule has 122 valence electrons. The topological polar surface area (TPSA) is 79.5 Å². The Kier molecular flexibility index (Phi) is 7.90. The van der Waals surface area contributed by atoms with E-state index in [9.17, 15) is 9.59 Å². The average Bonchev–Trinajstić information content (AvgIpc) is 2.53. The molecule has 0 bridgehead atoms. The molecule has 0 saturated heterocycles. The standard InChI is InChI=1S/C15H22BrN3O3/c1-4-10(2)13(18-15(21)22-3)14(20)19-17-9-11-5-7-12(16)8-6-11/h5-8,10,13,17H,4,9H2,1-3H3,(H,18,21)(H,19,20)/t10-,13-/m0/s1. The molecule has 0 heterocycles. The normalized spacial score (nSPS) is 13.1. The molecular weight excluding hydrogens is 350 g/mol. The van der Waals surface area contributed by atoms with Crippen LogP contribution in [0.3, 0.4) is 0 Å². The lowest BCUT2D eigenvalue weighted by atomic mass is 9.99. The Morgan fingerprint density at radius 1 is 1.27 bits per heavy atom. The number of amides is 2. The first-order valence-electron chi connectivity index (χ1n) is 7.09. The van der Waals surface area contributed by atoms with Crippen molar-refractivity contribution in [2.24, 2.45) is 5.92 Å². The van der Waals surface area contributed by atoms with Gasteiger partial charge < -0.3 is 10.1 Å². The van der Waals surface area contributed by atoms with Gasteiger partial charge in [-0.2, -0.15) is 0 Å². The lowest BCUT2D eigenvalue weighted by Gasteiger charge is -2.23. The number of carbonyl (C=O) groups is 2. The predicted octanol–water partition coefficient (Wildman–Crippen LogP) is 2.34. The smallest absolute Gasteiger partial charge is 0.407 e. The first kappa shape index (κ1) is 18.4. The zero-order valence-corrected chi connectivity index (χ0v) is 14.6. The van der Waals surface area contributed by atoms with Gasteiger partial charge in [-0.15, -0.1) is 0 Å². The van der Waals surface area contributed by atoms with Crippen molar-refractivity contribution in [2.45, 2.75) is 32.9 Å². The molecule has 0 aliphatic heterocycles. The third kappa shape index (κ3) is 6.03. The Balaban J connectivity index is 2.51. The summed E-state index contributed by atoms with van der Waals surface area (Å²) in [6.07, 6.45) is 0.141. The Morgan fingerprint density at radius 2 is 1.91 bits per heavy atom. The van der Waals surface area contributed by atoms with Gasteiger partial charge in [0.2, 0.25) is 0 Å². The number of hydrogen-bond donors (Lipinski definition) is 3. The molecule has 3 N–H and O–H groups in total. The van der Waals surface area contributed by atoms with Gasteiger partial charge in [0, 0.05) is 11.0 Å². The minimum atomic E-state index is -0.644. The summed E-state index contributed by atoms with van der Waals surface area (Å²) in [6, 6.07) is 7.11. The van der Waals surface area contributed by atoms with Crippen molar-refractivity contribution in [1.82, 2.24) is 16.2 Å². The van der Waals surface area contributed by atoms with Crippen LogP contribution >= 0.6 is 15.9 Å². The number of methoxy groups -OCH3 is 1. The van der Waals surface area contributed by atoms with Crippen LogP contribution in [0, 0.1) is 5.92 Å². The van der Waals surface area contributed by atoms with E-state index in [1.165, 1.54) is 7.11 Å². The number of alkyl carbamates (subject to hydrolysis) is 1. The van der Waals surface area contributed by atoms with Crippen molar-refractivity contribution in [3.8, 4) is 0 Å². The van der Waals surface area contributed by atoms with E-state index in [0.29, 0.717) is 6.54 Å². The molecule has 1 rings (SSSR count). The van der Waals surface area contributed by atoms with Gasteiger partial charge in [0.25, 0.3) is 5.91 Å². The monoisotopic (exact) mass is 371 g/mol. The second-order valence-corrected chi connectivity index (χ2v) is 5.88. The molecule has 22 heavy (non-hydrogen) atoms. The fraction of sp³-hybridized carbons (Fsp3) is 0.467. The zero-order chi connectivity index (χ0) is 16.5. The van der Waals surface area contributed by atoms with Gasteiger partial charge in [-0.3, -0.25) is 10.2 Å². The number of ether oxygens (including phenoxy) is 1. The van der Waals surface area contributed by atoms with Gasteiger partial charge in [0.1, 0.15) is 6.04 Å². The fourth-order valence-corrected chi connectivity index (χ4v) is 2.07. The molecule has 0 fully saturated rings. The third-order valence-corrected chi connectivity index (χ3v) is 3.90. The van der Waals surface area contributed by atoms with Crippen molar-refractivity contribution in [3.05, 3.63) is 34.3 Å². The van der Waals surface area contributed by atoms with Gasteiger partial charge >= 0.3 is 6.09 Å². The molecule has 0 aromatic heterocycles. The van der Waals surface area contributed by atoms with Crippen molar-refractivity contribution < 1.29 is 14.3 Å². The van der Waals surface area contributed by atoms with E-state index in [4.69, 9.17) is 0 Å². The van der Waals surface area contributed by atoms with Crippen LogP contribution in [0.15, 0.2) is 28.7 Å². The summed E-state index contributed by atoms with van der Waals surface area (Å²) >= 11 is 3.37. The second-order valence-electron chi connectivity index (χ2n) is 4.97. The van der Waals surface area contributed by atoms with E-state index in [0.717, 1.165) is 16.5 Å². The molecule has 0 aliphatic rings. The highest BCUT2D eigenvalue weighted by Gasteiger charge is 2.25. The fourth-order valence-electron chi connectivity index (χ4n) is 1.80. The molecule has 6 nitrogen and oxygen atoms in total. The van der Waals surface area contributed by atoms with E-state index in [1.54, 1.807) is 0 Å². The maximum Gasteiger partial charge on any atom is 0.407 e. The lowest BCUT2D eigenvalue weighted by Crippen LogP contribution is -2.53. The third-order valence-electron chi connectivity index (χ3n) is 3.37. The number of hydrogen-bond acceptors (Lipinski definition) is 4. The molecule has 0 radical (unpaired) electrons. The van der Waals surface area contributed by atoms with Crippen LogP contribution in [0.2, 0.25) is 0 Å². The van der Waals surface area contributed by atoms with E-state index >= 15 is 0 Å². The molecular formula is C15H22BrN3O3. The van der Waals surface area contributed by atoms with Gasteiger partial charge in [0.05, 0.1) is 7.11 Å². The molecule has 0 aliphatic carbocycles. The van der Waals surface area contributed by atoms with Crippen LogP contribution in [0.5, 0.6) is 0 Å². The largest absolute Gasteiger partial charge is 0.453 e. The number of rotatable bonds is 7. The van der Waals surface area contributed by atoms with Gasteiger partial charge in [-0.05, 0) is 23.6 Å². The van der Waals surface area contributed by atoms with Crippen LogP contribution in [0.4, 0.5) is 4.79 Å². The van der Waals surface area contributed by atoms with E-state index in [2.05, 4.69) is 36.8 Å². The van der Waals surface area contributed by atoms with Crippen LogP contribution in [-0.4, -0.2) is 25.2 Å². The maximum absolute atomic E-state index is 12.2. The Bertz CT molecular complexity index is 493.